The fraction of sp³-hybridized carbons (Fsp3) is 0.714. The molecule has 1 aromatic heterocycles. The van der Waals surface area contributed by atoms with Gasteiger partial charge >= 0.3 is 0 Å². The van der Waals surface area contributed by atoms with Gasteiger partial charge in [0.05, 0.1) is 6.61 Å². The summed E-state index contributed by atoms with van der Waals surface area (Å²) in [6, 6.07) is 2.14. The van der Waals surface area contributed by atoms with Crippen molar-refractivity contribution in [3.05, 3.63) is 18.5 Å². The average Bonchev–Trinajstić information content (AvgIpc) is 2.51. The molecule has 6 heteroatoms. The van der Waals surface area contributed by atoms with Gasteiger partial charge in [0.15, 0.2) is 0 Å². The molecule has 6 nitrogen and oxygen atoms in total. The molecule has 2 aliphatic rings. The molecule has 110 valence electrons. The highest BCUT2D eigenvalue weighted by Gasteiger charge is 2.26. The lowest BCUT2D eigenvalue weighted by Crippen LogP contribution is -2.51. The normalized spacial score (nSPS) is 28.6. The fourth-order valence-electron chi connectivity index (χ4n) is 2.92. The molecule has 2 aliphatic heterocycles. The van der Waals surface area contributed by atoms with E-state index in [2.05, 4.69) is 19.8 Å². The third-order valence-corrected chi connectivity index (χ3v) is 4.23. The van der Waals surface area contributed by atoms with Crippen LogP contribution in [0, 0.1) is 5.92 Å². The van der Waals surface area contributed by atoms with Crippen LogP contribution in [0.2, 0.25) is 0 Å². The van der Waals surface area contributed by atoms with Crippen LogP contribution in [0.5, 0.6) is 0 Å². The molecule has 20 heavy (non-hydrogen) atoms. The number of rotatable bonds is 3. The molecule has 3 heterocycles. The highest BCUT2D eigenvalue weighted by molar-refractivity contribution is 5.29. The first kappa shape index (κ1) is 13.7. The van der Waals surface area contributed by atoms with E-state index in [-0.39, 0.29) is 0 Å². The molecule has 0 saturated carbocycles. The van der Waals surface area contributed by atoms with Crippen LogP contribution in [0.1, 0.15) is 6.42 Å². The summed E-state index contributed by atoms with van der Waals surface area (Å²) in [5.41, 5.74) is 6.18. The minimum atomic E-state index is 0.291. The van der Waals surface area contributed by atoms with Crippen LogP contribution in [0.25, 0.3) is 0 Å². The number of nitrogens with zero attached hydrogens (tertiary/aromatic N) is 4. The van der Waals surface area contributed by atoms with Crippen molar-refractivity contribution in [2.45, 2.75) is 12.5 Å². The van der Waals surface area contributed by atoms with Gasteiger partial charge in [0.25, 0.3) is 0 Å². The van der Waals surface area contributed by atoms with E-state index >= 15 is 0 Å². The Kier molecular flexibility index (Phi) is 4.44. The Bertz CT molecular complexity index is 407. The predicted molar refractivity (Wildman–Crippen MR) is 77.6 cm³/mol. The van der Waals surface area contributed by atoms with E-state index in [0.29, 0.717) is 12.0 Å². The van der Waals surface area contributed by atoms with Crippen molar-refractivity contribution in [3.63, 3.8) is 0 Å². The summed E-state index contributed by atoms with van der Waals surface area (Å²) < 4.78 is 5.55. The van der Waals surface area contributed by atoms with Crippen LogP contribution in [-0.4, -0.2) is 66.8 Å². The molecular formula is C14H23N5O. The topological polar surface area (TPSA) is 67.5 Å². The minimum absolute atomic E-state index is 0.291. The molecule has 2 saturated heterocycles. The van der Waals surface area contributed by atoms with Crippen LogP contribution in [0.4, 0.5) is 5.95 Å². The Morgan fingerprint density at radius 2 is 1.95 bits per heavy atom. The fourth-order valence-corrected chi connectivity index (χ4v) is 2.92. The standard InChI is InChI=1S/C14H23N5O/c15-13-2-9-20-11-12(13)10-18-5-7-19(8-6-18)14-16-3-1-4-17-14/h1,3-4,12-13H,2,5-11,15H2. The molecule has 0 bridgehead atoms. The number of piperazine rings is 1. The van der Waals surface area contributed by atoms with Gasteiger partial charge in [-0.3, -0.25) is 4.90 Å². The Labute approximate surface area is 119 Å². The number of anilines is 1. The first-order valence-corrected chi connectivity index (χ1v) is 7.40. The van der Waals surface area contributed by atoms with Crippen molar-refractivity contribution >= 4 is 5.95 Å². The summed E-state index contributed by atoms with van der Waals surface area (Å²) in [6.45, 7) is 6.72. The zero-order valence-electron chi connectivity index (χ0n) is 11.8. The average molecular weight is 277 g/mol. The summed E-state index contributed by atoms with van der Waals surface area (Å²) >= 11 is 0. The maximum Gasteiger partial charge on any atom is 0.225 e. The summed E-state index contributed by atoms with van der Waals surface area (Å²) in [4.78, 5) is 13.4. The Hall–Kier alpha value is -1.24. The molecule has 0 radical (unpaired) electrons. The van der Waals surface area contributed by atoms with Gasteiger partial charge in [0, 0.05) is 63.7 Å². The van der Waals surface area contributed by atoms with Crippen molar-refractivity contribution < 1.29 is 4.74 Å². The van der Waals surface area contributed by atoms with Gasteiger partial charge in [-0.2, -0.15) is 0 Å². The van der Waals surface area contributed by atoms with Crippen LogP contribution in [-0.2, 0) is 4.74 Å². The van der Waals surface area contributed by atoms with Crippen molar-refractivity contribution in [2.24, 2.45) is 11.7 Å². The van der Waals surface area contributed by atoms with Gasteiger partial charge in [0.2, 0.25) is 5.95 Å². The summed E-state index contributed by atoms with van der Waals surface area (Å²) in [6.07, 6.45) is 4.59. The van der Waals surface area contributed by atoms with Gasteiger partial charge in [-0.1, -0.05) is 0 Å². The highest BCUT2D eigenvalue weighted by atomic mass is 16.5. The lowest BCUT2D eigenvalue weighted by molar-refractivity contribution is 0.0253. The number of ether oxygens (including phenoxy) is 1. The minimum Gasteiger partial charge on any atom is -0.381 e. The van der Waals surface area contributed by atoms with Crippen molar-refractivity contribution in [1.29, 1.82) is 0 Å². The second-order valence-corrected chi connectivity index (χ2v) is 5.62. The lowest BCUT2D eigenvalue weighted by atomic mass is 9.96. The molecule has 0 amide bonds. The molecule has 0 spiro atoms. The Morgan fingerprint density at radius 3 is 2.65 bits per heavy atom. The van der Waals surface area contributed by atoms with Gasteiger partial charge in [-0.25, -0.2) is 9.97 Å². The van der Waals surface area contributed by atoms with E-state index in [1.54, 1.807) is 12.4 Å². The molecule has 0 aliphatic carbocycles. The number of hydrogen-bond acceptors (Lipinski definition) is 6. The number of hydrogen-bond donors (Lipinski definition) is 1. The Morgan fingerprint density at radius 1 is 1.20 bits per heavy atom. The van der Waals surface area contributed by atoms with E-state index in [4.69, 9.17) is 10.5 Å². The predicted octanol–water partition coefficient (Wildman–Crippen LogP) is -0.0376. The summed E-state index contributed by atoms with van der Waals surface area (Å²) in [7, 11) is 0. The van der Waals surface area contributed by atoms with Crippen LogP contribution >= 0.6 is 0 Å². The van der Waals surface area contributed by atoms with E-state index in [1.807, 2.05) is 6.07 Å². The van der Waals surface area contributed by atoms with Gasteiger partial charge in [-0.05, 0) is 12.5 Å². The zero-order chi connectivity index (χ0) is 13.8. The maximum atomic E-state index is 6.18. The molecular weight excluding hydrogens is 254 g/mol. The van der Waals surface area contributed by atoms with Gasteiger partial charge < -0.3 is 15.4 Å². The highest BCUT2D eigenvalue weighted by Crippen LogP contribution is 2.16. The first-order chi connectivity index (χ1) is 9.83. The van der Waals surface area contributed by atoms with Crippen molar-refractivity contribution in [2.75, 3.05) is 50.8 Å². The van der Waals surface area contributed by atoms with Crippen molar-refractivity contribution in [3.8, 4) is 0 Å². The SMILES string of the molecule is NC1CCOCC1CN1CCN(c2ncccn2)CC1. The molecule has 1 aromatic rings. The smallest absolute Gasteiger partial charge is 0.225 e. The van der Waals surface area contributed by atoms with E-state index < -0.39 is 0 Å². The molecule has 0 aromatic carbocycles. The summed E-state index contributed by atoms with van der Waals surface area (Å²) in [5.74, 6) is 1.31. The third kappa shape index (κ3) is 3.26. The van der Waals surface area contributed by atoms with Crippen molar-refractivity contribution in [1.82, 2.24) is 14.9 Å². The van der Waals surface area contributed by atoms with E-state index in [1.165, 1.54) is 0 Å². The largest absolute Gasteiger partial charge is 0.381 e. The zero-order valence-corrected chi connectivity index (χ0v) is 11.8. The molecule has 3 rings (SSSR count). The van der Waals surface area contributed by atoms with Crippen LogP contribution in [0.15, 0.2) is 18.5 Å². The van der Waals surface area contributed by atoms with Gasteiger partial charge in [0.1, 0.15) is 0 Å². The van der Waals surface area contributed by atoms with Crippen LogP contribution < -0.4 is 10.6 Å². The summed E-state index contributed by atoms with van der Waals surface area (Å²) in [5, 5.41) is 0. The molecule has 2 N–H and O–H groups in total. The van der Waals surface area contributed by atoms with Crippen LogP contribution in [0.3, 0.4) is 0 Å². The number of nitrogens with two attached hydrogens (primary N) is 1. The van der Waals surface area contributed by atoms with E-state index in [9.17, 15) is 0 Å². The quantitative estimate of drug-likeness (QED) is 0.836. The van der Waals surface area contributed by atoms with Gasteiger partial charge in [-0.15, -0.1) is 0 Å². The molecule has 2 fully saturated rings. The third-order valence-electron chi connectivity index (χ3n) is 4.23. The van der Waals surface area contributed by atoms with E-state index in [0.717, 1.165) is 58.3 Å². The maximum absolute atomic E-state index is 6.18. The molecule has 2 unspecified atom stereocenters. The second-order valence-electron chi connectivity index (χ2n) is 5.62. The molecule has 2 atom stereocenters. The second kappa shape index (κ2) is 6.47. The Balaban J connectivity index is 1.49. The monoisotopic (exact) mass is 277 g/mol. The lowest BCUT2D eigenvalue weighted by Gasteiger charge is -2.38. The first-order valence-electron chi connectivity index (χ1n) is 7.40. The number of aromatic nitrogens is 2.